The topological polar surface area (TPSA) is 57.5 Å². The fraction of sp³-hybridized carbons (Fsp3) is 0.667. The molecule has 0 aliphatic heterocycles. The lowest BCUT2D eigenvalue weighted by Crippen LogP contribution is -2.49. The van der Waals surface area contributed by atoms with Gasteiger partial charge in [-0.25, -0.2) is 4.79 Å². The average Bonchev–Trinajstić information content (AvgIpc) is 2.70. The predicted molar refractivity (Wildman–Crippen MR) is 95.9 cm³/mol. The summed E-state index contributed by atoms with van der Waals surface area (Å²) in [6.07, 6.45) is -0.875. The Labute approximate surface area is 157 Å². The highest BCUT2D eigenvalue weighted by Crippen LogP contribution is 2.56. The Morgan fingerprint density at radius 2 is 2.04 bits per heavy atom. The van der Waals surface area contributed by atoms with Crippen LogP contribution in [0.25, 0.3) is 0 Å². The third kappa shape index (κ3) is 4.00. The van der Waals surface area contributed by atoms with Gasteiger partial charge in [-0.2, -0.15) is 13.2 Å². The Hall–Kier alpha value is -1.56. The van der Waals surface area contributed by atoms with Crippen molar-refractivity contribution < 1.29 is 28.2 Å². The van der Waals surface area contributed by atoms with Crippen molar-refractivity contribution in [2.75, 3.05) is 0 Å². The molecular weight excluding hydrogens is 357 g/mol. The molecule has 1 aromatic rings. The maximum atomic E-state index is 13.6. The number of alkyl halides is 3. The summed E-state index contributed by atoms with van der Waals surface area (Å²) in [5.41, 5.74) is -0.470. The third-order valence-electron chi connectivity index (χ3n) is 6.56. The van der Waals surface area contributed by atoms with Crippen molar-refractivity contribution in [2.45, 2.75) is 81.9 Å². The number of carbonyl (C=O) groups is 1. The Balaban J connectivity index is 2.09. The van der Waals surface area contributed by atoms with Crippen LogP contribution in [0.1, 0.15) is 79.8 Å². The van der Waals surface area contributed by atoms with Gasteiger partial charge < -0.3 is 10.2 Å². The van der Waals surface area contributed by atoms with E-state index in [1.54, 1.807) is 12.1 Å². The molecule has 0 unspecified atom stereocenters. The molecule has 0 heterocycles. The number of carboxylic acid groups (broad SMARTS) is 1. The third-order valence-corrected chi connectivity index (χ3v) is 6.56. The molecule has 150 valence electrons. The lowest BCUT2D eigenvalue weighted by molar-refractivity contribution is -0.166. The molecule has 2 aliphatic rings. The van der Waals surface area contributed by atoms with E-state index in [0.717, 1.165) is 12.0 Å². The smallest absolute Gasteiger partial charge is 0.389 e. The number of aliphatic hydroxyl groups is 1. The van der Waals surface area contributed by atoms with Gasteiger partial charge >= 0.3 is 12.1 Å². The van der Waals surface area contributed by atoms with Crippen molar-refractivity contribution in [3.05, 3.63) is 34.9 Å². The molecule has 3 rings (SSSR count). The van der Waals surface area contributed by atoms with E-state index in [9.17, 15) is 28.2 Å². The lowest BCUT2D eigenvalue weighted by atomic mass is 9.56. The Kier molecular flexibility index (Phi) is 5.32. The average molecular weight is 384 g/mol. The fourth-order valence-electron chi connectivity index (χ4n) is 5.49. The molecule has 0 saturated heterocycles. The van der Waals surface area contributed by atoms with Gasteiger partial charge in [0.25, 0.3) is 0 Å². The second kappa shape index (κ2) is 7.12. The van der Waals surface area contributed by atoms with Crippen molar-refractivity contribution in [1.82, 2.24) is 0 Å². The van der Waals surface area contributed by atoms with E-state index in [0.29, 0.717) is 44.1 Å². The SMILES string of the molecule is CCC[C@@]1(O)CC[C@@]2(CC(F)(F)F)c3ccc(C(=O)O)cc3CCC[C@H]2C1. The molecule has 1 aromatic carbocycles. The van der Waals surface area contributed by atoms with Crippen LogP contribution in [0.4, 0.5) is 13.2 Å². The summed E-state index contributed by atoms with van der Waals surface area (Å²) in [6.45, 7) is 1.98. The van der Waals surface area contributed by atoms with E-state index in [-0.39, 0.29) is 17.9 Å². The highest BCUT2D eigenvalue weighted by atomic mass is 19.4. The molecular formula is C21H27F3O3. The largest absolute Gasteiger partial charge is 0.478 e. The second-order valence-electron chi connectivity index (χ2n) is 8.39. The van der Waals surface area contributed by atoms with Crippen LogP contribution in [0.15, 0.2) is 18.2 Å². The molecule has 0 bridgehead atoms. The summed E-state index contributed by atoms with van der Waals surface area (Å²) >= 11 is 0. The van der Waals surface area contributed by atoms with Gasteiger partial charge in [0.05, 0.1) is 17.6 Å². The van der Waals surface area contributed by atoms with Crippen LogP contribution in [0, 0.1) is 5.92 Å². The summed E-state index contributed by atoms with van der Waals surface area (Å²) in [7, 11) is 0. The van der Waals surface area contributed by atoms with Crippen molar-refractivity contribution in [1.29, 1.82) is 0 Å². The second-order valence-corrected chi connectivity index (χ2v) is 8.39. The van der Waals surface area contributed by atoms with Crippen LogP contribution in [-0.2, 0) is 11.8 Å². The molecule has 6 heteroatoms. The van der Waals surface area contributed by atoms with Gasteiger partial charge in [-0.3, -0.25) is 0 Å². The lowest BCUT2D eigenvalue weighted by Gasteiger charge is -2.50. The summed E-state index contributed by atoms with van der Waals surface area (Å²) < 4.78 is 40.9. The first-order valence-electron chi connectivity index (χ1n) is 9.74. The number of hydrogen-bond donors (Lipinski definition) is 2. The minimum atomic E-state index is -4.31. The van der Waals surface area contributed by atoms with Crippen molar-refractivity contribution in [3.8, 4) is 0 Å². The highest BCUT2D eigenvalue weighted by molar-refractivity contribution is 5.88. The predicted octanol–water partition coefficient (Wildman–Crippen LogP) is 5.24. The van der Waals surface area contributed by atoms with Crippen LogP contribution in [0.5, 0.6) is 0 Å². The van der Waals surface area contributed by atoms with E-state index >= 15 is 0 Å². The van der Waals surface area contributed by atoms with Gasteiger partial charge in [-0.05, 0) is 74.1 Å². The number of aromatic carboxylic acids is 1. The Morgan fingerprint density at radius 3 is 2.67 bits per heavy atom. The number of hydrogen-bond acceptors (Lipinski definition) is 2. The highest BCUT2D eigenvalue weighted by Gasteiger charge is 2.54. The summed E-state index contributed by atoms with van der Waals surface area (Å²) in [5.74, 6) is -1.31. The summed E-state index contributed by atoms with van der Waals surface area (Å²) in [4.78, 5) is 11.3. The number of rotatable bonds is 4. The van der Waals surface area contributed by atoms with Gasteiger partial charge in [0, 0.05) is 5.41 Å². The fourth-order valence-corrected chi connectivity index (χ4v) is 5.49. The molecule has 1 fully saturated rings. The Bertz CT molecular complexity index is 715. The van der Waals surface area contributed by atoms with E-state index in [1.165, 1.54) is 6.07 Å². The van der Waals surface area contributed by atoms with Crippen LogP contribution >= 0.6 is 0 Å². The minimum absolute atomic E-state index is 0.118. The van der Waals surface area contributed by atoms with E-state index in [1.807, 2.05) is 6.92 Å². The van der Waals surface area contributed by atoms with Crippen LogP contribution < -0.4 is 0 Å². The molecule has 3 atom stereocenters. The van der Waals surface area contributed by atoms with Gasteiger partial charge in [-0.1, -0.05) is 19.4 Å². The van der Waals surface area contributed by atoms with Gasteiger partial charge in [0.2, 0.25) is 0 Å². The quantitative estimate of drug-likeness (QED) is 0.746. The molecule has 0 spiro atoms. The van der Waals surface area contributed by atoms with Gasteiger partial charge in [0.15, 0.2) is 0 Å². The first-order valence-corrected chi connectivity index (χ1v) is 9.74. The summed E-state index contributed by atoms with van der Waals surface area (Å²) in [6, 6.07) is 4.58. The molecule has 3 nitrogen and oxygen atoms in total. The zero-order valence-corrected chi connectivity index (χ0v) is 15.6. The standard InChI is InChI=1S/C21H27F3O3/c1-2-8-19(27)9-10-20(13-21(22,23)24)16(12-19)5-3-4-14-11-15(18(25)26)6-7-17(14)20/h6-7,11,16,27H,2-5,8-10,12-13H2,1H3,(H,25,26)/t16-,19+,20-/m0/s1. The minimum Gasteiger partial charge on any atom is -0.478 e. The Morgan fingerprint density at radius 1 is 1.30 bits per heavy atom. The molecule has 0 amide bonds. The molecule has 0 radical (unpaired) electrons. The van der Waals surface area contributed by atoms with E-state index < -0.39 is 29.6 Å². The molecule has 0 aromatic heterocycles. The van der Waals surface area contributed by atoms with Crippen LogP contribution in [0.3, 0.4) is 0 Å². The number of aryl methyl sites for hydroxylation is 1. The van der Waals surface area contributed by atoms with Gasteiger partial charge in [0.1, 0.15) is 0 Å². The van der Waals surface area contributed by atoms with E-state index in [4.69, 9.17) is 0 Å². The normalized spacial score (nSPS) is 30.9. The first kappa shape index (κ1) is 20.2. The number of halogens is 3. The van der Waals surface area contributed by atoms with Crippen molar-refractivity contribution >= 4 is 5.97 Å². The maximum Gasteiger partial charge on any atom is 0.389 e. The van der Waals surface area contributed by atoms with Crippen LogP contribution in [0.2, 0.25) is 0 Å². The van der Waals surface area contributed by atoms with Crippen molar-refractivity contribution in [3.63, 3.8) is 0 Å². The molecule has 2 aliphatic carbocycles. The van der Waals surface area contributed by atoms with Crippen molar-refractivity contribution in [2.24, 2.45) is 5.92 Å². The zero-order valence-electron chi connectivity index (χ0n) is 15.6. The maximum absolute atomic E-state index is 13.6. The molecule has 2 N–H and O–H groups in total. The summed E-state index contributed by atoms with van der Waals surface area (Å²) in [5, 5.41) is 20.2. The zero-order chi connectivity index (χ0) is 19.9. The number of fused-ring (bicyclic) bond motifs is 3. The molecule has 27 heavy (non-hydrogen) atoms. The van der Waals surface area contributed by atoms with Gasteiger partial charge in [-0.15, -0.1) is 0 Å². The monoisotopic (exact) mass is 384 g/mol. The number of benzene rings is 1. The van der Waals surface area contributed by atoms with E-state index in [2.05, 4.69) is 0 Å². The first-order chi connectivity index (χ1) is 12.6. The molecule has 1 saturated carbocycles. The number of carboxylic acids is 1. The van der Waals surface area contributed by atoms with Crippen LogP contribution in [-0.4, -0.2) is 28.0 Å².